The number of nitrogens with two attached hydrogens (primary N) is 1. The van der Waals surface area contributed by atoms with Crippen molar-refractivity contribution < 1.29 is 4.74 Å². The maximum atomic E-state index is 6.23. The van der Waals surface area contributed by atoms with Gasteiger partial charge in [-0.3, -0.25) is 0 Å². The smallest absolute Gasteiger partial charge is 0.0558 e. The minimum atomic E-state index is 0.309. The summed E-state index contributed by atoms with van der Waals surface area (Å²) in [5, 5.41) is 0. The maximum Gasteiger partial charge on any atom is 0.0558 e. The van der Waals surface area contributed by atoms with Gasteiger partial charge in [0, 0.05) is 13.2 Å². The van der Waals surface area contributed by atoms with Gasteiger partial charge in [0.05, 0.1) is 6.10 Å². The molecule has 1 aliphatic rings. The molecule has 0 bridgehead atoms. The van der Waals surface area contributed by atoms with Crippen LogP contribution in [0.1, 0.15) is 52.4 Å². The third-order valence-electron chi connectivity index (χ3n) is 4.08. The number of hydrogen-bond acceptors (Lipinski definition) is 2. The average Bonchev–Trinajstić information content (AvgIpc) is 2.29. The van der Waals surface area contributed by atoms with Gasteiger partial charge in [0.1, 0.15) is 0 Å². The molecule has 0 amide bonds. The zero-order valence-electron chi connectivity index (χ0n) is 10.5. The predicted octanol–water partition coefficient (Wildman–Crippen LogP) is 2.96. The molecule has 0 spiro atoms. The van der Waals surface area contributed by atoms with Gasteiger partial charge in [0.25, 0.3) is 0 Å². The summed E-state index contributed by atoms with van der Waals surface area (Å²) in [5.41, 5.74) is 6.23. The van der Waals surface area contributed by atoms with Gasteiger partial charge in [-0.2, -0.15) is 0 Å². The lowest BCUT2D eigenvalue weighted by atomic mass is 9.77. The van der Waals surface area contributed by atoms with Crippen molar-refractivity contribution in [2.45, 2.75) is 64.5 Å². The standard InChI is InChI=1S/C13H27NO/c1-4-11-5-7-12(8-6-11)13(14)9-10(2)15-3/h10-13H,4-9,14H2,1-3H3. The van der Waals surface area contributed by atoms with Crippen LogP contribution in [-0.2, 0) is 4.74 Å². The van der Waals surface area contributed by atoms with Crippen molar-refractivity contribution in [2.75, 3.05) is 7.11 Å². The first kappa shape index (κ1) is 13.0. The normalized spacial score (nSPS) is 31.2. The lowest BCUT2D eigenvalue weighted by Crippen LogP contribution is -2.35. The number of hydrogen-bond donors (Lipinski definition) is 1. The van der Waals surface area contributed by atoms with Crippen molar-refractivity contribution in [3.05, 3.63) is 0 Å². The molecule has 0 radical (unpaired) electrons. The van der Waals surface area contributed by atoms with Crippen LogP contribution in [0.2, 0.25) is 0 Å². The fraction of sp³-hybridized carbons (Fsp3) is 1.00. The van der Waals surface area contributed by atoms with E-state index in [-0.39, 0.29) is 0 Å². The highest BCUT2D eigenvalue weighted by Gasteiger charge is 2.25. The Morgan fingerprint density at radius 2 is 1.87 bits per heavy atom. The van der Waals surface area contributed by atoms with Gasteiger partial charge >= 0.3 is 0 Å². The second-order valence-electron chi connectivity index (χ2n) is 5.13. The van der Waals surface area contributed by atoms with E-state index < -0.39 is 0 Å². The van der Waals surface area contributed by atoms with Crippen LogP contribution in [0.4, 0.5) is 0 Å². The van der Waals surface area contributed by atoms with E-state index >= 15 is 0 Å². The van der Waals surface area contributed by atoms with E-state index in [9.17, 15) is 0 Å². The Hall–Kier alpha value is -0.0800. The first-order valence-corrected chi connectivity index (χ1v) is 6.45. The van der Waals surface area contributed by atoms with Crippen LogP contribution >= 0.6 is 0 Å². The first-order valence-electron chi connectivity index (χ1n) is 6.45. The fourth-order valence-electron chi connectivity index (χ4n) is 2.70. The Kier molecular flexibility index (Phi) is 5.62. The Labute approximate surface area is 94.6 Å². The second-order valence-corrected chi connectivity index (χ2v) is 5.13. The largest absolute Gasteiger partial charge is 0.382 e. The Balaban J connectivity index is 2.26. The molecule has 2 heteroatoms. The molecule has 1 rings (SSSR count). The van der Waals surface area contributed by atoms with E-state index in [2.05, 4.69) is 13.8 Å². The predicted molar refractivity (Wildman–Crippen MR) is 64.8 cm³/mol. The van der Waals surface area contributed by atoms with Crippen molar-refractivity contribution in [1.82, 2.24) is 0 Å². The van der Waals surface area contributed by atoms with Crippen LogP contribution in [-0.4, -0.2) is 19.3 Å². The molecule has 0 heterocycles. The molecule has 2 nitrogen and oxygen atoms in total. The van der Waals surface area contributed by atoms with Gasteiger partial charge in [-0.25, -0.2) is 0 Å². The fourth-order valence-corrected chi connectivity index (χ4v) is 2.70. The van der Waals surface area contributed by atoms with Gasteiger partial charge in [0.15, 0.2) is 0 Å². The highest BCUT2D eigenvalue weighted by molar-refractivity contribution is 4.80. The van der Waals surface area contributed by atoms with Crippen LogP contribution in [0.15, 0.2) is 0 Å². The lowest BCUT2D eigenvalue weighted by Gasteiger charge is -2.32. The Morgan fingerprint density at radius 1 is 1.27 bits per heavy atom. The topological polar surface area (TPSA) is 35.2 Å². The summed E-state index contributed by atoms with van der Waals surface area (Å²) in [6.45, 7) is 4.41. The highest BCUT2D eigenvalue weighted by Crippen LogP contribution is 2.32. The van der Waals surface area contributed by atoms with Gasteiger partial charge in [-0.15, -0.1) is 0 Å². The third-order valence-corrected chi connectivity index (χ3v) is 4.08. The van der Waals surface area contributed by atoms with Crippen LogP contribution in [0.3, 0.4) is 0 Å². The number of ether oxygens (including phenoxy) is 1. The molecule has 1 aliphatic carbocycles. The van der Waals surface area contributed by atoms with E-state index in [1.807, 2.05) is 0 Å². The molecule has 1 saturated carbocycles. The minimum absolute atomic E-state index is 0.309. The van der Waals surface area contributed by atoms with Crippen molar-refractivity contribution in [3.63, 3.8) is 0 Å². The van der Waals surface area contributed by atoms with Gasteiger partial charge < -0.3 is 10.5 Å². The van der Waals surface area contributed by atoms with Crippen molar-refractivity contribution in [3.8, 4) is 0 Å². The summed E-state index contributed by atoms with van der Waals surface area (Å²) in [4.78, 5) is 0. The molecule has 0 aromatic rings. The molecule has 1 fully saturated rings. The Bertz CT molecular complexity index is 164. The van der Waals surface area contributed by atoms with Crippen LogP contribution in [0.5, 0.6) is 0 Å². The summed E-state index contributed by atoms with van der Waals surface area (Å²) >= 11 is 0. The van der Waals surface area contributed by atoms with E-state index in [0.717, 1.165) is 18.3 Å². The third kappa shape index (κ3) is 4.12. The van der Waals surface area contributed by atoms with Gasteiger partial charge in [-0.1, -0.05) is 26.2 Å². The summed E-state index contributed by atoms with van der Waals surface area (Å²) in [7, 11) is 1.77. The molecule has 0 aromatic heterocycles. The molecule has 0 aliphatic heterocycles. The first-order chi connectivity index (χ1) is 7.17. The molecule has 2 atom stereocenters. The lowest BCUT2D eigenvalue weighted by molar-refractivity contribution is 0.0918. The molecule has 90 valence electrons. The second kappa shape index (κ2) is 6.49. The van der Waals surface area contributed by atoms with Crippen molar-refractivity contribution in [2.24, 2.45) is 17.6 Å². The van der Waals surface area contributed by atoms with E-state index in [0.29, 0.717) is 12.1 Å². The SMILES string of the molecule is CCC1CCC(C(N)CC(C)OC)CC1. The van der Waals surface area contributed by atoms with E-state index in [4.69, 9.17) is 10.5 Å². The summed E-state index contributed by atoms with van der Waals surface area (Å²) < 4.78 is 5.27. The molecular weight excluding hydrogens is 186 g/mol. The van der Waals surface area contributed by atoms with Crippen LogP contribution in [0.25, 0.3) is 0 Å². The number of rotatable bonds is 5. The number of methoxy groups -OCH3 is 1. The highest BCUT2D eigenvalue weighted by atomic mass is 16.5. The molecular formula is C13H27NO. The quantitative estimate of drug-likeness (QED) is 0.762. The average molecular weight is 213 g/mol. The molecule has 15 heavy (non-hydrogen) atoms. The Morgan fingerprint density at radius 3 is 2.33 bits per heavy atom. The minimum Gasteiger partial charge on any atom is -0.382 e. The summed E-state index contributed by atoms with van der Waals surface area (Å²) in [5.74, 6) is 1.71. The maximum absolute atomic E-state index is 6.23. The zero-order chi connectivity index (χ0) is 11.3. The van der Waals surface area contributed by atoms with Crippen molar-refractivity contribution >= 4 is 0 Å². The van der Waals surface area contributed by atoms with Crippen LogP contribution in [0, 0.1) is 11.8 Å². The summed E-state index contributed by atoms with van der Waals surface area (Å²) in [6, 6.07) is 0.345. The van der Waals surface area contributed by atoms with E-state index in [1.165, 1.54) is 32.1 Å². The zero-order valence-corrected chi connectivity index (χ0v) is 10.5. The molecule has 0 aromatic carbocycles. The van der Waals surface area contributed by atoms with E-state index in [1.54, 1.807) is 7.11 Å². The van der Waals surface area contributed by atoms with Crippen molar-refractivity contribution in [1.29, 1.82) is 0 Å². The molecule has 2 unspecified atom stereocenters. The summed E-state index contributed by atoms with van der Waals surface area (Å²) in [6.07, 6.45) is 8.09. The van der Waals surface area contributed by atoms with Crippen LogP contribution < -0.4 is 5.73 Å². The van der Waals surface area contributed by atoms with Gasteiger partial charge in [0.2, 0.25) is 0 Å². The monoisotopic (exact) mass is 213 g/mol. The molecule has 2 N–H and O–H groups in total. The van der Waals surface area contributed by atoms with Gasteiger partial charge in [-0.05, 0) is 38.0 Å². The molecule has 0 saturated heterocycles.